The molecule has 0 saturated carbocycles. The predicted octanol–water partition coefficient (Wildman–Crippen LogP) is 3.17. The second-order valence-corrected chi connectivity index (χ2v) is 7.89. The van der Waals surface area contributed by atoms with E-state index in [9.17, 15) is 14.4 Å². The molecule has 0 saturated heterocycles. The number of carbonyl (C=O) groups is 3. The monoisotopic (exact) mass is 450 g/mol. The summed E-state index contributed by atoms with van der Waals surface area (Å²) in [6, 6.07) is 16.5. The summed E-state index contributed by atoms with van der Waals surface area (Å²) in [5, 5.41) is 6.45. The second-order valence-electron chi connectivity index (χ2n) is 7.89. The fourth-order valence-electron chi connectivity index (χ4n) is 3.56. The summed E-state index contributed by atoms with van der Waals surface area (Å²) >= 11 is 0. The number of hydrogen-bond acceptors (Lipinski definition) is 4. The van der Waals surface area contributed by atoms with E-state index in [4.69, 9.17) is 10.5 Å². The van der Waals surface area contributed by atoms with E-state index >= 15 is 0 Å². The number of primary amides is 1. The molecule has 0 bridgehead atoms. The van der Waals surface area contributed by atoms with Gasteiger partial charge in [0.2, 0.25) is 11.8 Å². The van der Waals surface area contributed by atoms with Crippen LogP contribution in [0.3, 0.4) is 0 Å². The summed E-state index contributed by atoms with van der Waals surface area (Å²) in [6.07, 6.45) is 4.13. The smallest absolute Gasteiger partial charge is 0.407 e. The molecule has 0 unspecified atom stereocenters. The molecule has 0 radical (unpaired) electrons. The number of amides is 3. The molecule has 3 rings (SSSR count). The van der Waals surface area contributed by atoms with Crippen LogP contribution >= 0.6 is 0 Å². The Morgan fingerprint density at radius 3 is 2.52 bits per heavy atom. The maximum Gasteiger partial charge on any atom is 0.407 e. The molecule has 0 spiro atoms. The molecule has 0 aliphatic carbocycles. The number of hydrogen-bond donors (Lipinski definition) is 4. The van der Waals surface area contributed by atoms with Gasteiger partial charge >= 0.3 is 6.09 Å². The van der Waals surface area contributed by atoms with Gasteiger partial charge in [0.05, 0.1) is 0 Å². The number of nitrogens with two attached hydrogens (primary N) is 1. The van der Waals surface area contributed by atoms with Crippen LogP contribution in [0.1, 0.15) is 36.8 Å². The third-order valence-electron chi connectivity index (χ3n) is 5.34. The van der Waals surface area contributed by atoms with Crippen LogP contribution in [0.5, 0.6) is 0 Å². The normalized spacial score (nSPS) is 11.6. The van der Waals surface area contributed by atoms with Crippen molar-refractivity contribution in [2.75, 3.05) is 6.54 Å². The average molecular weight is 451 g/mol. The van der Waals surface area contributed by atoms with Crippen LogP contribution in [0.2, 0.25) is 0 Å². The summed E-state index contributed by atoms with van der Waals surface area (Å²) in [4.78, 5) is 39.0. The summed E-state index contributed by atoms with van der Waals surface area (Å²) in [7, 11) is 0. The first-order valence-electron chi connectivity index (χ1n) is 11.1. The highest BCUT2D eigenvalue weighted by atomic mass is 16.5. The van der Waals surface area contributed by atoms with Crippen LogP contribution in [0.25, 0.3) is 10.9 Å². The van der Waals surface area contributed by atoms with Crippen molar-refractivity contribution < 1.29 is 19.1 Å². The van der Waals surface area contributed by atoms with Crippen molar-refractivity contribution in [1.29, 1.82) is 0 Å². The summed E-state index contributed by atoms with van der Waals surface area (Å²) in [5.41, 5.74) is 8.34. The number of ether oxygens (including phenoxy) is 1. The summed E-state index contributed by atoms with van der Waals surface area (Å²) in [6.45, 7) is 0.701. The fraction of sp³-hybridized carbons (Fsp3) is 0.320. The van der Waals surface area contributed by atoms with Gasteiger partial charge in [0.15, 0.2) is 0 Å². The quantitative estimate of drug-likeness (QED) is 0.316. The van der Waals surface area contributed by atoms with Crippen LogP contribution < -0.4 is 16.4 Å². The van der Waals surface area contributed by atoms with Crippen molar-refractivity contribution >= 4 is 28.8 Å². The van der Waals surface area contributed by atoms with E-state index in [0.29, 0.717) is 19.4 Å². The number of aromatic nitrogens is 1. The van der Waals surface area contributed by atoms with E-state index in [1.807, 2.05) is 60.8 Å². The molecule has 0 aliphatic rings. The highest BCUT2D eigenvalue weighted by molar-refractivity contribution is 5.88. The first-order chi connectivity index (χ1) is 16.0. The van der Waals surface area contributed by atoms with E-state index in [1.54, 1.807) is 0 Å². The van der Waals surface area contributed by atoms with E-state index in [-0.39, 0.29) is 18.9 Å². The Morgan fingerprint density at radius 2 is 1.73 bits per heavy atom. The second kappa shape index (κ2) is 12.3. The third kappa shape index (κ3) is 7.68. The summed E-state index contributed by atoms with van der Waals surface area (Å²) in [5.74, 6) is -0.777. The van der Waals surface area contributed by atoms with Gasteiger partial charge in [-0.05, 0) is 30.0 Å². The lowest BCUT2D eigenvalue weighted by atomic mass is 10.0. The molecule has 1 atom stereocenters. The van der Waals surface area contributed by atoms with Crippen LogP contribution in [-0.2, 0) is 27.4 Å². The summed E-state index contributed by atoms with van der Waals surface area (Å²) < 4.78 is 5.15. The zero-order valence-corrected chi connectivity index (χ0v) is 18.5. The predicted molar refractivity (Wildman–Crippen MR) is 126 cm³/mol. The van der Waals surface area contributed by atoms with Gasteiger partial charge in [0.25, 0.3) is 0 Å². The van der Waals surface area contributed by atoms with Gasteiger partial charge in [-0.2, -0.15) is 0 Å². The van der Waals surface area contributed by atoms with Gasteiger partial charge in [0, 0.05) is 36.5 Å². The molecule has 5 N–H and O–H groups in total. The Morgan fingerprint density at radius 1 is 0.970 bits per heavy atom. The van der Waals surface area contributed by atoms with Crippen LogP contribution in [0.4, 0.5) is 4.79 Å². The molecular weight excluding hydrogens is 420 g/mol. The number of H-pyrrole nitrogens is 1. The minimum atomic E-state index is -0.766. The molecule has 33 heavy (non-hydrogen) atoms. The first-order valence-corrected chi connectivity index (χ1v) is 11.1. The molecule has 3 aromatic rings. The van der Waals surface area contributed by atoms with Crippen molar-refractivity contribution in [3.8, 4) is 0 Å². The van der Waals surface area contributed by atoms with Gasteiger partial charge in [-0.3, -0.25) is 9.59 Å². The number of aromatic amines is 1. The Labute approximate surface area is 192 Å². The Hall–Kier alpha value is -3.81. The number of unbranched alkanes of at least 4 members (excludes halogenated alkanes) is 2. The standard InChI is InChI=1S/C25H30N4O4/c26-24(31)22(15-19-16-28-21-12-7-6-11-20(19)21)29-23(30)13-5-2-8-14-27-25(32)33-17-18-9-3-1-4-10-18/h1,3-4,6-7,9-12,16,22,28H,2,5,8,13-15,17H2,(H2,26,31)(H,27,32)(H,29,30)/t22-/m1/s1. The van der Waals surface area contributed by atoms with Gasteiger partial charge in [-0.25, -0.2) is 4.79 Å². The lowest BCUT2D eigenvalue weighted by molar-refractivity contribution is -0.127. The average Bonchev–Trinajstić information content (AvgIpc) is 3.23. The highest BCUT2D eigenvalue weighted by Gasteiger charge is 2.20. The molecule has 8 nitrogen and oxygen atoms in total. The van der Waals surface area contributed by atoms with Gasteiger partial charge in [0.1, 0.15) is 12.6 Å². The number of fused-ring (bicyclic) bond motifs is 1. The largest absolute Gasteiger partial charge is 0.445 e. The molecule has 1 heterocycles. The number of para-hydroxylation sites is 1. The number of alkyl carbamates (subject to hydrolysis) is 1. The van der Waals surface area contributed by atoms with Crippen molar-refractivity contribution in [2.24, 2.45) is 5.73 Å². The number of rotatable bonds is 12. The molecule has 2 aromatic carbocycles. The van der Waals surface area contributed by atoms with Crippen LogP contribution in [-0.4, -0.2) is 35.5 Å². The zero-order valence-electron chi connectivity index (χ0n) is 18.5. The van der Waals surface area contributed by atoms with Crippen molar-refractivity contribution in [2.45, 2.75) is 44.8 Å². The molecule has 174 valence electrons. The van der Waals surface area contributed by atoms with E-state index in [2.05, 4.69) is 15.6 Å². The van der Waals surface area contributed by atoms with Crippen molar-refractivity contribution in [3.63, 3.8) is 0 Å². The maximum atomic E-state index is 12.3. The van der Waals surface area contributed by atoms with E-state index < -0.39 is 18.0 Å². The third-order valence-corrected chi connectivity index (χ3v) is 5.34. The van der Waals surface area contributed by atoms with E-state index in [1.165, 1.54) is 0 Å². The van der Waals surface area contributed by atoms with Gasteiger partial charge in [-0.15, -0.1) is 0 Å². The lowest BCUT2D eigenvalue weighted by Gasteiger charge is -2.15. The number of carbonyl (C=O) groups excluding carboxylic acids is 3. The SMILES string of the molecule is NC(=O)[C@@H](Cc1c[nH]c2ccccc12)NC(=O)CCCCCNC(=O)OCc1ccccc1. The molecule has 3 amide bonds. The topological polar surface area (TPSA) is 126 Å². The minimum Gasteiger partial charge on any atom is -0.445 e. The Balaban J connectivity index is 1.31. The molecule has 0 fully saturated rings. The fourth-order valence-corrected chi connectivity index (χ4v) is 3.56. The van der Waals surface area contributed by atoms with Crippen molar-refractivity contribution in [1.82, 2.24) is 15.6 Å². The molecule has 1 aromatic heterocycles. The van der Waals surface area contributed by atoms with Gasteiger partial charge < -0.3 is 26.1 Å². The molecule has 0 aliphatic heterocycles. The maximum absolute atomic E-state index is 12.3. The highest BCUT2D eigenvalue weighted by Crippen LogP contribution is 2.19. The van der Waals surface area contributed by atoms with Crippen LogP contribution in [0.15, 0.2) is 60.8 Å². The lowest BCUT2D eigenvalue weighted by Crippen LogP contribution is -2.45. The Bertz CT molecular complexity index is 1060. The zero-order chi connectivity index (χ0) is 23.5. The molecule has 8 heteroatoms. The first kappa shape index (κ1) is 23.8. The molecular formula is C25H30N4O4. The number of nitrogens with one attached hydrogen (secondary N) is 3. The van der Waals surface area contributed by atoms with Gasteiger partial charge in [-0.1, -0.05) is 55.0 Å². The van der Waals surface area contributed by atoms with Crippen LogP contribution in [0, 0.1) is 0 Å². The Kier molecular flexibility index (Phi) is 8.88. The van der Waals surface area contributed by atoms with Crippen molar-refractivity contribution in [3.05, 3.63) is 71.9 Å². The number of benzene rings is 2. The van der Waals surface area contributed by atoms with E-state index in [0.717, 1.165) is 34.9 Å². The minimum absolute atomic E-state index is 0.214.